The Bertz CT molecular complexity index is 2140. The molecule has 14 nitrogen and oxygen atoms in total. The molecule has 2 amide bonds. The van der Waals surface area contributed by atoms with Gasteiger partial charge in [-0.25, -0.2) is 14.5 Å². The van der Waals surface area contributed by atoms with E-state index in [1.54, 1.807) is 42.3 Å². The fraction of sp³-hybridized carbons (Fsp3) is 0.395. The molecule has 3 heterocycles. The van der Waals surface area contributed by atoms with E-state index in [4.69, 9.17) is 24.2 Å². The number of ether oxygens (including phenoxy) is 3. The molecule has 0 atom stereocenters. The summed E-state index contributed by atoms with van der Waals surface area (Å²) in [5, 5.41) is 8.32. The van der Waals surface area contributed by atoms with Gasteiger partial charge in [-0.05, 0) is 80.3 Å². The van der Waals surface area contributed by atoms with Crippen LogP contribution in [-0.2, 0) is 24.4 Å². The Kier molecular flexibility index (Phi) is 12.9. The summed E-state index contributed by atoms with van der Waals surface area (Å²) in [7, 11) is 3.28. The molecule has 0 bridgehead atoms. The predicted molar refractivity (Wildman–Crippen MR) is 220 cm³/mol. The molecule has 6 rings (SSSR count). The molecule has 1 aliphatic rings. The van der Waals surface area contributed by atoms with Gasteiger partial charge in [-0.15, -0.1) is 0 Å². The predicted octanol–water partition coefficient (Wildman–Crippen LogP) is 6.36. The minimum atomic E-state index is -0.579. The molecule has 1 aliphatic heterocycles. The number of carbonyl (C=O) groups is 2. The highest BCUT2D eigenvalue weighted by atomic mass is 16.6. The lowest BCUT2D eigenvalue weighted by Crippen LogP contribution is -2.51. The molecular formula is C43H52N8O6. The number of benzene rings is 3. The Labute approximate surface area is 333 Å². The zero-order valence-electron chi connectivity index (χ0n) is 33.7. The minimum Gasteiger partial charge on any atom is -0.497 e. The number of anilines is 2. The van der Waals surface area contributed by atoms with Crippen molar-refractivity contribution in [3.05, 3.63) is 112 Å². The van der Waals surface area contributed by atoms with Gasteiger partial charge in [-0.2, -0.15) is 10.1 Å². The van der Waals surface area contributed by atoms with Crippen LogP contribution in [-0.4, -0.2) is 94.1 Å². The summed E-state index contributed by atoms with van der Waals surface area (Å²) in [4.78, 5) is 55.3. The van der Waals surface area contributed by atoms with Gasteiger partial charge in [-0.3, -0.25) is 9.59 Å². The van der Waals surface area contributed by atoms with E-state index in [2.05, 4.69) is 22.2 Å². The van der Waals surface area contributed by atoms with Gasteiger partial charge < -0.3 is 34.2 Å². The Morgan fingerprint density at radius 3 is 1.89 bits per heavy atom. The van der Waals surface area contributed by atoms with Crippen LogP contribution in [0.2, 0.25) is 0 Å². The molecule has 5 aromatic rings. The third kappa shape index (κ3) is 10.4. The van der Waals surface area contributed by atoms with Crippen molar-refractivity contribution in [1.29, 1.82) is 0 Å². The Morgan fingerprint density at radius 1 is 0.789 bits per heavy atom. The number of piperazine rings is 1. The summed E-state index contributed by atoms with van der Waals surface area (Å²) in [5.41, 5.74) is 2.94. The first-order valence-electron chi connectivity index (χ1n) is 19.3. The van der Waals surface area contributed by atoms with E-state index in [0.717, 1.165) is 41.0 Å². The van der Waals surface area contributed by atoms with Crippen molar-refractivity contribution in [2.24, 2.45) is 0 Å². The first kappa shape index (κ1) is 40.5. The van der Waals surface area contributed by atoms with E-state index in [9.17, 15) is 14.4 Å². The maximum absolute atomic E-state index is 14.1. The van der Waals surface area contributed by atoms with Gasteiger partial charge in [0.15, 0.2) is 0 Å². The zero-order chi connectivity index (χ0) is 40.5. The number of hydrogen-bond donors (Lipinski definition) is 1. The third-order valence-corrected chi connectivity index (χ3v) is 9.62. The first-order valence-corrected chi connectivity index (χ1v) is 19.3. The summed E-state index contributed by atoms with van der Waals surface area (Å²) in [6.45, 7) is 11.1. The molecule has 14 heteroatoms. The van der Waals surface area contributed by atoms with Crippen LogP contribution in [0, 0.1) is 0 Å². The monoisotopic (exact) mass is 776 g/mol. The smallest absolute Gasteiger partial charge is 0.410 e. The second-order valence-corrected chi connectivity index (χ2v) is 15.0. The van der Waals surface area contributed by atoms with E-state index in [1.807, 2.05) is 81.4 Å². The van der Waals surface area contributed by atoms with Gasteiger partial charge >= 0.3 is 6.09 Å². The Balaban J connectivity index is 1.23. The van der Waals surface area contributed by atoms with Crippen molar-refractivity contribution in [3.63, 3.8) is 0 Å². The SMILES string of the molecule is CCCCNc1nc(N(Cc2ccc(OC)cc2)Cc2ccc(OC)cc2)nc2cnn(Cc3ccc(C(=O)N4CCN(C(=O)OC(C)(C)C)CC4)cc3)c(=O)c12. The molecule has 0 aliphatic carbocycles. The number of fused-ring (bicyclic) bond motifs is 1. The zero-order valence-corrected chi connectivity index (χ0v) is 33.7. The Hall–Kier alpha value is -6.18. The lowest BCUT2D eigenvalue weighted by molar-refractivity contribution is 0.0141. The number of rotatable bonds is 14. The van der Waals surface area contributed by atoms with Gasteiger partial charge in [0.05, 0.1) is 27.0 Å². The molecular weight excluding hydrogens is 725 g/mol. The van der Waals surface area contributed by atoms with Crippen LogP contribution in [0.3, 0.4) is 0 Å². The molecule has 0 saturated carbocycles. The highest BCUT2D eigenvalue weighted by Gasteiger charge is 2.28. The summed E-state index contributed by atoms with van der Waals surface area (Å²) >= 11 is 0. The van der Waals surface area contributed by atoms with Crippen LogP contribution in [0.5, 0.6) is 11.5 Å². The molecule has 2 aromatic heterocycles. The standard InChI is InChI=1S/C43H52N8O6/c1-7-8-21-44-38-37-36(46-41(47-38)50(27-30-11-17-34(55-5)18-12-30)28-31-13-19-35(56-6)20-14-31)26-45-51(40(37)53)29-32-9-15-33(16-10-32)39(52)48-22-24-49(25-23-48)42(54)57-43(2,3)4/h9-20,26H,7-8,21-25,27-29H2,1-6H3,(H,44,46,47). The van der Waals surface area contributed by atoms with Crippen LogP contribution in [0.25, 0.3) is 10.9 Å². The van der Waals surface area contributed by atoms with Crippen molar-refractivity contribution >= 4 is 34.7 Å². The van der Waals surface area contributed by atoms with Crippen molar-refractivity contribution in [3.8, 4) is 11.5 Å². The normalized spacial score (nSPS) is 13.0. The van der Waals surface area contributed by atoms with Gasteiger partial charge in [0.1, 0.15) is 33.8 Å². The van der Waals surface area contributed by atoms with Gasteiger partial charge in [0.2, 0.25) is 5.95 Å². The molecule has 1 fully saturated rings. The lowest BCUT2D eigenvalue weighted by atomic mass is 10.1. The van der Waals surface area contributed by atoms with E-state index in [0.29, 0.717) is 74.0 Å². The molecule has 0 spiro atoms. The minimum absolute atomic E-state index is 0.116. The van der Waals surface area contributed by atoms with E-state index < -0.39 is 5.60 Å². The van der Waals surface area contributed by atoms with Crippen LogP contribution in [0.1, 0.15) is 67.6 Å². The second kappa shape index (κ2) is 18.2. The van der Waals surface area contributed by atoms with Crippen LogP contribution < -0.4 is 25.2 Å². The van der Waals surface area contributed by atoms with Crippen molar-refractivity contribution in [1.82, 2.24) is 29.5 Å². The van der Waals surface area contributed by atoms with Crippen LogP contribution in [0.4, 0.5) is 16.6 Å². The van der Waals surface area contributed by atoms with Crippen molar-refractivity contribution in [2.75, 3.05) is 57.2 Å². The molecule has 0 unspecified atom stereocenters. The van der Waals surface area contributed by atoms with Gasteiger partial charge in [0, 0.05) is 51.4 Å². The summed E-state index contributed by atoms with van der Waals surface area (Å²) in [6, 6.07) is 22.9. The second-order valence-electron chi connectivity index (χ2n) is 15.0. The molecule has 1 saturated heterocycles. The number of nitrogens with one attached hydrogen (secondary N) is 1. The topological polar surface area (TPSA) is 144 Å². The third-order valence-electron chi connectivity index (χ3n) is 9.62. The molecule has 57 heavy (non-hydrogen) atoms. The average molecular weight is 777 g/mol. The number of aromatic nitrogens is 4. The van der Waals surface area contributed by atoms with Gasteiger partial charge in [-0.1, -0.05) is 49.7 Å². The van der Waals surface area contributed by atoms with E-state index >= 15 is 0 Å². The molecule has 0 radical (unpaired) electrons. The highest BCUT2D eigenvalue weighted by Crippen LogP contribution is 2.25. The van der Waals surface area contributed by atoms with Crippen LogP contribution >= 0.6 is 0 Å². The van der Waals surface area contributed by atoms with Crippen molar-refractivity contribution in [2.45, 2.75) is 65.8 Å². The van der Waals surface area contributed by atoms with Gasteiger partial charge in [0.25, 0.3) is 11.5 Å². The summed E-state index contributed by atoms with van der Waals surface area (Å²) < 4.78 is 17.6. The van der Waals surface area contributed by atoms with Crippen molar-refractivity contribution < 1.29 is 23.8 Å². The fourth-order valence-electron chi connectivity index (χ4n) is 6.47. The fourth-order valence-corrected chi connectivity index (χ4v) is 6.47. The number of hydrogen-bond acceptors (Lipinski definition) is 11. The number of unbranched alkanes of at least 4 members (excludes halogenated alkanes) is 1. The largest absolute Gasteiger partial charge is 0.497 e. The number of methoxy groups -OCH3 is 2. The number of carbonyl (C=O) groups excluding carboxylic acids is 2. The molecule has 300 valence electrons. The molecule has 1 N–H and O–H groups in total. The summed E-state index contributed by atoms with van der Waals surface area (Å²) in [5.74, 6) is 2.33. The maximum atomic E-state index is 14.1. The summed E-state index contributed by atoms with van der Waals surface area (Å²) in [6.07, 6.45) is 3.10. The maximum Gasteiger partial charge on any atom is 0.410 e. The quantitative estimate of drug-likeness (QED) is 0.126. The van der Waals surface area contributed by atoms with E-state index in [1.165, 1.54) is 4.68 Å². The number of amides is 2. The lowest BCUT2D eigenvalue weighted by Gasteiger charge is -2.35. The number of nitrogens with zero attached hydrogens (tertiary/aromatic N) is 7. The Morgan fingerprint density at radius 2 is 1.35 bits per heavy atom. The first-order chi connectivity index (χ1) is 27.4. The highest BCUT2D eigenvalue weighted by molar-refractivity contribution is 5.94. The average Bonchev–Trinajstić information content (AvgIpc) is 3.21. The van der Waals surface area contributed by atoms with E-state index in [-0.39, 0.29) is 24.1 Å². The molecule has 3 aromatic carbocycles. The van der Waals surface area contributed by atoms with Crippen LogP contribution in [0.15, 0.2) is 83.8 Å².